The van der Waals surface area contributed by atoms with Crippen LogP contribution < -0.4 is 9.64 Å². The van der Waals surface area contributed by atoms with Gasteiger partial charge in [-0.25, -0.2) is 4.39 Å². The number of hydrogen-bond donors (Lipinski definition) is 0. The van der Waals surface area contributed by atoms with Crippen molar-refractivity contribution in [3.63, 3.8) is 0 Å². The van der Waals surface area contributed by atoms with Gasteiger partial charge in [0.25, 0.3) is 0 Å². The molecule has 0 fully saturated rings. The van der Waals surface area contributed by atoms with Gasteiger partial charge in [-0.2, -0.15) is 4.39 Å². The molecule has 0 N–H and O–H groups in total. The zero-order chi connectivity index (χ0) is 18.1. The van der Waals surface area contributed by atoms with Crippen molar-refractivity contribution < 1.29 is 13.5 Å². The number of ether oxygens (including phenoxy) is 1. The van der Waals surface area contributed by atoms with Crippen LogP contribution in [0.3, 0.4) is 0 Å². The van der Waals surface area contributed by atoms with Crippen LogP contribution in [-0.2, 0) is 13.0 Å². The minimum atomic E-state index is -0.963. The van der Waals surface area contributed by atoms with Crippen molar-refractivity contribution in [1.82, 2.24) is 9.97 Å². The maximum atomic E-state index is 13.8. The number of aromatic nitrogens is 2. The molecule has 132 valence electrons. The van der Waals surface area contributed by atoms with E-state index < -0.39 is 11.6 Å². The molecule has 0 spiro atoms. The third-order valence-corrected chi connectivity index (χ3v) is 4.59. The highest BCUT2D eigenvalue weighted by atomic mass is 19.2. The normalized spacial score (nSPS) is 13.4. The van der Waals surface area contributed by atoms with Crippen LogP contribution in [0, 0.1) is 11.6 Å². The van der Waals surface area contributed by atoms with E-state index in [0.29, 0.717) is 18.8 Å². The van der Waals surface area contributed by atoms with E-state index in [0.717, 1.165) is 23.4 Å². The van der Waals surface area contributed by atoms with Gasteiger partial charge in [0.05, 0.1) is 18.5 Å². The van der Waals surface area contributed by atoms with Crippen molar-refractivity contribution in [3.05, 3.63) is 71.6 Å². The molecule has 0 amide bonds. The summed E-state index contributed by atoms with van der Waals surface area (Å²) < 4.78 is 32.4. The fourth-order valence-corrected chi connectivity index (χ4v) is 3.20. The highest BCUT2D eigenvalue weighted by Gasteiger charge is 2.21. The Bertz CT molecular complexity index is 947. The largest absolute Gasteiger partial charge is 0.493 e. The summed E-state index contributed by atoms with van der Waals surface area (Å²) in [5.41, 5.74) is 4.54. The fraction of sp³-hybridized carbons (Fsp3) is 0.200. The van der Waals surface area contributed by atoms with Gasteiger partial charge in [0.2, 0.25) is 5.82 Å². The summed E-state index contributed by atoms with van der Waals surface area (Å²) in [6.45, 7) is 1.28. The lowest BCUT2D eigenvalue weighted by atomic mass is 9.99. The van der Waals surface area contributed by atoms with E-state index >= 15 is 0 Å². The summed E-state index contributed by atoms with van der Waals surface area (Å²) in [7, 11) is 1.33. The van der Waals surface area contributed by atoms with E-state index in [1.54, 1.807) is 6.20 Å². The molecule has 0 radical (unpaired) electrons. The van der Waals surface area contributed by atoms with Crippen LogP contribution in [0.15, 0.2) is 48.8 Å². The number of anilines is 1. The number of nitrogens with zero attached hydrogens (tertiary/aromatic N) is 3. The lowest BCUT2D eigenvalue weighted by Crippen LogP contribution is -2.30. The predicted molar refractivity (Wildman–Crippen MR) is 95.1 cm³/mol. The summed E-state index contributed by atoms with van der Waals surface area (Å²) in [6, 6.07) is 10.5. The third kappa shape index (κ3) is 2.98. The van der Waals surface area contributed by atoms with Crippen LogP contribution in [-0.4, -0.2) is 23.6 Å². The summed E-state index contributed by atoms with van der Waals surface area (Å²) in [4.78, 5) is 10.8. The monoisotopic (exact) mass is 353 g/mol. The van der Waals surface area contributed by atoms with Crippen LogP contribution in [0.5, 0.6) is 5.75 Å². The lowest BCUT2D eigenvalue weighted by Gasteiger charge is -2.31. The SMILES string of the molecule is COc1cc(N2CCc3cc(-c4ccccn4)ncc3C2)cc(F)c1F. The van der Waals surface area contributed by atoms with Crippen LogP contribution in [0.1, 0.15) is 11.1 Å². The molecule has 26 heavy (non-hydrogen) atoms. The quantitative estimate of drug-likeness (QED) is 0.714. The molecular formula is C20H17F2N3O. The molecule has 4 nitrogen and oxygen atoms in total. The topological polar surface area (TPSA) is 38.2 Å². The first-order chi connectivity index (χ1) is 12.7. The Labute approximate surface area is 150 Å². The number of pyridine rings is 2. The second-order valence-corrected chi connectivity index (χ2v) is 6.17. The number of fused-ring (bicyclic) bond motifs is 1. The number of rotatable bonds is 3. The van der Waals surface area contributed by atoms with Crippen LogP contribution >= 0.6 is 0 Å². The molecule has 6 heteroatoms. The minimum Gasteiger partial charge on any atom is -0.493 e. The molecule has 3 aromatic rings. The zero-order valence-corrected chi connectivity index (χ0v) is 14.2. The second kappa shape index (κ2) is 6.71. The molecule has 0 atom stereocenters. The van der Waals surface area contributed by atoms with Crippen LogP contribution in [0.25, 0.3) is 11.4 Å². The molecule has 1 aromatic carbocycles. The molecule has 1 aliphatic heterocycles. The van der Waals surface area contributed by atoms with Gasteiger partial charge in [-0.1, -0.05) is 6.07 Å². The highest BCUT2D eigenvalue weighted by molar-refractivity contribution is 5.58. The molecule has 0 saturated heterocycles. The van der Waals surface area contributed by atoms with E-state index in [9.17, 15) is 8.78 Å². The molecule has 4 rings (SSSR count). The van der Waals surface area contributed by atoms with Crippen LogP contribution in [0.2, 0.25) is 0 Å². The predicted octanol–water partition coefficient (Wildman–Crippen LogP) is 3.99. The van der Waals surface area contributed by atoms with Crippen LogP contribution in [0.4, 0.5) is 14.5 Å². The first-order valence-corrected chi connectivity index (χ1v) is 8.33. The minimum absolute atomic E-state index is 0.0885. The second-order valence-electron chi connectivity index (χ2n) is 6.17. The molecule has 0 bridgehead atoms. The third-order valence-electron chi connectivity index (χ3n) is 4.59. The number of benzene rings is 1. The van der Waals surface area contributed by atoms with Gasteiger partial charge in [0.15, 0.2) is 11.6 Å². The average molecular weight is 353 g/mol. The molecule has 2 aromatic heterocycles. The molecule has 0 unspecified atom stereocenters. The van der Waals surface area contributed by atoms with Crippen molar-refractivity contribution in [3.8, 4) is 17.1 Å². The summed E-state index contributed by atoms with van der Waals surface area (Å²) in [6.07, 6.45) is 4.37. The Morgan fingerprint density at radius 3 is 2.69 bits per heavy atom. The van der Waals surface area contributed by atoms with Crippen molar-refractivity contribution in [2.75, 3.05) is 18.6 Å². The van der Waals surface area contributed by atoms with Gasteiger partial charge in [-0.3, -0.25) is 9.97 Å². The van der Waals surface area contributed by atoms with E-state index in [1.165, 1.54) is 24.8 Å². The summed E-state index contributed by atoms with van der Waals surface area (Å²) in [5, 5.41) is 0. The Balaban J connectivity index is 1.62. The van der Waals surface area contributed by atoms with Crippen molar-refractivity contribution in [2.24, 2.45) is 0 Å². The van der Waals surface area contributed by atoms with Gasteiger partial charge in [-0.05, 0) is 35.7 Å². The first kappa shape index (κ1) is 16.4. The standard InChI is InChI=1S/C20H17F2N3O/c1-26-19-10-15(9-16(21)20(19)22)25-7-5-13-8-18(24-11-14(13)12-25)17-4-2-3-6-23-17/h2-4,6,8-11H,5,7,12H2,1H3. The Morgan fingerprint density at radius 2 is 1.92 bits per heavy atom. The van der Waals surface area contributed by atoms with Gasteiger partial charge >= 0.3 is 0 Å². The molecule has 1 aliphatic rings. The van der Waals surface area contributed by atoms with E-state index in [4.69, 9.17) is 4.74 Å². The van der Waals surface area contributed by atoms with Gasteiger partial charge in [0, 0.05) is 43.3 Å². The number of halogens is 2. The zero-order valence-electron chi connectivity index (χ0n) is 14.2. The number of methoxy groups -OCH3 is 1. The van der Waals surface area contributed by atoms with Crippen molar-refractivity contribution >= 4 is 5.69 Å². The van der Waals surface area contributed by atoms with E-state index in [2.05, 4.69) is 16.0 Å². The maximum Gasteiger partial charge on any atom is 0.200 e. The van der Waals surface area contributed by atoms with E-state index in [1.807, 2.05) is 29.3 Å². The fourth-order valence-electron chi connectivity index (χ4n) is 3.20. The van der Waals surface area contributed by atoms with Crippen molar-refractivity contribution in [2.45, 2.75) is 13.0 Å². The first-order valence-electron chi connectivity index (χ1n) is 8.33. The number of hydrogen-bond acceptors (Lipinski definition) is 4. The molecule has 0 saturated carbocycles. The summed E-state index contributed by atoms with van der Waals surface area (Å²) in [5.74, 6) is -1.96. The van der Waals surface area contributed by atoms with Gasteiger partial charge in [-0.15, -0.1) is 0 Å². The summed E-state index contributed by atoms with van der Waals surface area (Å²) >= 11 is 0. The Kier molecular flexibility index (Phi) is 4.24. The van der Waals surface area contributed by atoms with Crippen molar-refractivity contribution in [1.29, 1.82) is 0 Å². The maximum absolute atomic E-state index is 13.8. The molecule has 0 aliphatic carbocycles. The van der Waals surface area contributed by atoms with Gasteiger partial charge < -0.3 is 9.64 Å². The highest BCUT2D eigenvalue weighted by Crippen LogP contribution is 2.31. The average Bonchev–Trinajstić information content (AvgIpc) is 2.69. The smallest absolute Gasteiger partial charge is 0.200 e. The molecule has 3 heterocycles. The van der Waals surface area contributed by atoms with Gasteiger partial charge in [0.1, 0.15) is 0 Å². The Morgan fingerprint density at radius 1 is 1.04 bits per heavy atom. The molecular weight excluding hydrogens is 336 g/mol. The van der Waals surface area contributed by atoms with E-state index in [-0.39, 0.29) is 5.75 Å². The lowest BCUT2D eigenvalue weighted by molar-refractivity contribution is 0.372. The Hall–Kier alpha value is -3.02.